The minimum Gasteiger partial charge on any atom is -0.342 e. The van der Waals surface area contributed by atoms with Crippen LogP contribution in [0, 0.1) is 0 Å². The lowest BCUT2D eigenvalue weighted by Gasteiger charge is -2.19. The SMILES string of the molecule is C/C=C(\C)n1ncc2c(C(=O)NC3(c4ccnc(S(C)(=O)=O)c4)CC3)cc(S(C)(=O)=O)cc21. The highest BCUT2D eigenvalue weighted by molar-refractivity contribution is 7.91. The van der Waals surface area contributed by atoms with Gasteiger partial charge in [0.15, 0.2) is 24.7 Å². The van der Waals surface area contributed by atoms with E-state index >= 15 is 0 Å². The molecule has 1 N–H and O–H groups in total. The lowest BCUT2D eigenvalue weighted by molar-refractivity contribution is 0.0932. The van der Waals surface area contributed by atoms with Crippen molar-refractivity contribution in [2.45, 2.75) is 42.1 Å². The fraction of sp³-hybridized carbons (Fsp3) is 0.318. The van der Waals surface area contributed by atoms with Gasteiger partial charge in [-0.15, -0.1) is 0 Å². The van der Waals surface area contributed by atoms with Gasteiger partial charge in [-0.1, -0.05) is 6.08 Å². The molecule has 3 aromatic rings. The van der Waals surface area contributed by atoms with Crippen molar-refractivity contribution in [1.82, 2.24) is 20.1 Å². The van der Waals surface area contributed by atoms with Crippen molar-refractivity contribution >= 4 is 42.2 Å². The maximum atomic E-state index is 13.4. The predicted molar refractivity (Wildman–Crippen MR) is 124 cm³/mol. The maximum Gasteiger partial charge on any atom is 0.252 e. The van der Waals surface area contributed by atoms with Crippen LogP contribution < -0.4 is 5.32 Å². The highest BCUT2D eigenvalue weighted by atomic mass is 32.2. The summed E-state index contributed by atoms with van der Waals surface area (Å²) in [5.41, 5.74) is 1.38. The molecule has 1 aromatic carbocycles. The van der Waals surface area contributed by atoms with E-state index in [1.165, 1.54) is 30.6 Å². The molecule has 9 nitrogen and oxygen atoms in total. The van der Waals surface area contributed by atoms with E-state index in [0.717, 1.165) is 18.2 Å². The zero-order valence-corrected chi connectivity index (χ0v) is 20.3. The van der Waals surface area contributed by atoms with Crippen molar-refractivity contribution in [2.24, 2.45) is 0 Å². The largest absolute Gasteiger partial charge is 0.342 e. The topological polar surface area (TPSA) is 128 Å². The van der Waals surface area contributed by atoms with Crippen molar-refractivity contribution < 1.29 is 21.6 Å². The van der Waals surface area contributed by atoms with E-state index < -0.39 is 31.1 Å². The summed E-state index contributed by atoms with van der Waals surface area (Å²) in [6.07, 6.45) is 8.19. The Kier molecular flexibility index (Phi) is 5.44. The molecule has 0 bridgehead atoms. The molecule has 0 radical (unpaired) electrons. The lowest BCUT2D eigenvalue weighted by atomic mass is 10.0. The second-order valence-corrected chi connectivity index (χ2v) is 12.3. The molecule has 1 aliphatic carbocycles. The summed E-state index contributed by atoms with van der Waals surface area (Å²) in [7, 11) is -7.10. The molecule has 2 aromatic heterocycles. The van der Waals surface area contributed by atoms with Crippen LogP contribution in [0.4, 0.5) is 0 Å². The number of nitrogens with one attached hydrogen (secondary N) is 1. The number of amides is 1. The van der Waals surface area contributed by atoms with E-state index in [9.17, 15) is 21.6 Å². The fourth-order valence-electron chi connectivity index (χ4n) is 3.71. The number of pyridine rings is 1. The molecular formula is C22H24N4O5S2. The number of benzene rings is 1. The third kappa shape index (κ3) is 4.30. The van der Waals surface area contributed by atoms with Gasteiger partial charge in [0.2, 0.25) is 0 Å². The monoisotopic (exact) mass is 488 g/mol. The Hall–Kier alpha value is -3.05. The minimum atomic E-state index is -3.60. The van der Waals surface area contributed by atoms with Gasteiger partial charge < -0.3 is 5.32 Å². The van der Waals surface area contributed by atoms with Crippen molar-refractivity contribution in [1.29, 1.82) is 0 Å². The number of nitrogens with zero attached hydrogens (tertiary/aromatic N) is 3. The van der Waals surface area contributed by atoms with Crippen molar-refractivity contribution in [2.75, 3.05) is 12.5 Å². The van der Waals surface area contributed by atoms with E-state index in [1.54, 1.807) is 10.7 Å². The summed E-state index contributed by atoms with van der Waals surface area (Å²) in [6.45, 7) is 3.68. The van der Waals surface area contributed by atoms with E-state index in [1.807, 2.05) is 19.9 Å². The number of aromatic nitrogens is 3. The maximum absolute atomic E-state index is 13.4. The molecular weight excluding hydrogens is 464 g/mol. The normalized spacial score (nSPS) is 16.1. The van der Waals surface area contributed by atoms with Crippen LogP contribution >= 0.6 is 0 Å². The van der Waals surface area contributed by atoms with Gasteiger partial charge in [0.25, 0.3) is 5.91 Å². The van der Waals surface area contributed by atoms with Gasteiger partial charge in [0.05, 0.1) is 27.7 Å². The number of hydrogen-bond donors (Lipinski definition) is 1. The van der Waals surface area contributed by atoms with Gasteiger partial charge in [0, 0.05) is 29.8 Å². The zero-order chi connectivity index (χ0) is 24.2. The molecule has 0 atom stereocenters. The zero-order valence-electron chi connectivity index (χ0n) is 18.7. The highest BCUT2D eigenvalue weighted by Gasteiger charge is 2.46. The Bertz CT molecular complexity index is 1530. The number of carbonyl (C=O) groups is 1. The average Bonchev–Trinajstić information content (AvgIpc) is 3.40. The first-order valence-electron chi connectivity index (χ1n) is 10.2. The van der Waals surface area contributed by atoms with Crippen LogP contribution in [0.3, 0.4) is 0 Å². The molecule has 1 saturated carbocycles. The summed E-state index contributed by atoms with van der Waals surface area (Å²) in [6, 6.07) is 6.01. The average molecular weight is 489 g/mol. The molecule has 1 aliphatic rings. The second-order valence-electron chi connectivity index (χ2n) is 8.35. The van der Waals surface area contributed by atoms with Crippen LogP contribution in [0.1, 0.15) is 42.6 Å². The fourth-order valence-corrected chi connectivity index (χ4v) is 4.96. The van der Waals surface area contributed by atoms with E-state index in [2.05, 4.69) is 15.4 Å². The number of allylic oxidation sites excluding steroid dienone is 2. The van der Waals surface area contributed by atoms with Gasteiger partial charge in [-0.05, 0) is 56.5 Å². The summed E-state index contributed by atoms with van der Waals surface area (Å²) in [5.74, 6) is -0.460. The van der Waals surface area contributed by atoms with Crippen LogP contribution in [-0.4, -0.2) is 50.0 Å². The Balaban J connectivity index is 1.80. The second kappa shape index (κ2) is 7.77. The van der Waals surface area contributed by atoms with E-state index in [-0.39, 0.29) is 15.5 Å². The van der Waals surface area contributed by atoms with Gasteiger partial charge in [0.1, 0.15) is 0 Å². The molecule has 0 aliphatic heterocycles. The first-order valence-corrected chi connectivity index (χ1v) is 14.0. The third-order valence-corrected chi connectivity index (χ3v) is 7.93. The standard InChI is InChI=1S/C22H24N4O5S2/c1-5-14(2)26-19-12-16(32(3,28)29)11-17(18(19)13-24-26)21(27)25-22(7-8-22)15-6-9-23-20(10-15)33(4,30)31/h5-6,9-13H,7-8H2,1-4H3,(H,25,27)/b14-5+. The summed E-state index contributed by atoms with van der Waals surface area (Å²) >= 11 is 0. The van der Waals surface area contributed by atoms with Gasteiger partial charge in [-0.3, -0.25) is 4.79 Å². The van der Waals surface area contributed by atoms with Crippen LogP contribution in [0.2, 0.25) is 0 Å². The number of rotatable bonds is 6. The predicted octanol–water partition coefficient (Wildman–Crippen LogP) is 2.54. The Morgan fingerprint density at radius 2 is 1.82 bits per heavy atom. The number of carbonyl (C=O) groups excluding carboxylic acids is 1. The first kappa shape index (κ1) is 23.1. The van der Waals surface area contributed by atoms with E-state index in [0.29, 0.717) is 29.3 Å². The number of fused-ring (bicyclic) bond motifs is 1. The quantitative estimate of drug-likeness (QED) is 0.565. The Morgan fingerprint density at radius 1 is 1.12 bits per heavy atom. The minimum absolute atomic E-state index is 0.0129. The molecule has 174 valence electrons. The number of sulfone groups is 2. The van der Waals surface area contributed by atoms with Crippen LogP contribution in [0.25, 0.3) is 16.6 Å². The van der Waals surface area contributed by atoms with Crippen LogP contribution in [0.15, 0.2) is 52.7 Å². The summed E-state index contributed by atoms with van der Waals surface area (Å²) in [5, 5.41) is 7.79. The molecule has 0 spiro atoms. The summed E-state index contributed by atoms with van der Waals surface area (Å²) in [4.78, 5) is 17.3. The lowest BCUT2D eigenvalue weighted by Crippen LogP contribution is -2.35. The molecule has 0 saturated heterocycles. The van der Waals surface area contributed by atoms with Gasteiger partial charge in [-0.2, -0.15) is 5.10 Å². The van der Waals surface area contributed by atoms with Gasteiger partial charge in [-0.25, -0.2) is 26.5 Å². The van der Waals surface area contributed by atoms with Crippen LogP contribution in [0.5, 0.6) is 0 Å². The molecule has 11 heteroatoms. The molecule has 1 amide bonds. The van der Waals surface area contributed by atoms with Crippen LogP contribution in [-0.2, 0) is 25.2 Å². The molecule has 1 fully saturated rings. The van der Waals surface area contributed by atoms with Gasteiger partial charge >= 0.3 is 0 Å². The highest BCUT2D eigenvalue weighted by Crippen LogP contribution is 2.46. The molecule has 2 heterocycles. The van der Waals surface area contributed by atoms with E-state index in [4.69, 9.17) is 0 Å². The van der Waals surface area contributed by atoms with Crippen molar-refractivity contribution in [3.63, 3.8) is 0 Å². The van der Waals surface area contributed by atoms with Crippen molar-refractivity contribution in [3.05, 3.63) is 53.9 Å². The molecule has 4 rings (SSSR count). The molecule has 33 heavy (non-hydrogen) atoms. The smallest absolute Gasteiger partial charge is 0.252 e. The Morgan fingerprint density at radius 3 is 2.39 bits per heavy atom. The third-order valence-electron chi connectivity index (χ3n) is 5.86. The summed E-state index contributed by atoms with van der Waals surface area (Å²) < 4.78 is 50.1. The number of hydrogen-bond acceptors (Lipinski definition) is 7. The van der Waals surface area contributed by atoms with Crippen molar-refractivity contribution in [3.8, 4) is 0 Å². The Labute approximate surface area is 192 Å². The molecule has 0 unspecified atom stereocenters. The first-order chi connectivity index (χ1) is 15.4.